The maximum absolute atomic E-state index is 11.7. The van der Waals surface area contributed by atoms with Crippen molar-refractivity contribution in [3.05, 3.63) is 0 Å². The second-order valence-corrected chi connectivity index (χ2v) is 5.47. The topological polar surface area (TPSA) is 46.3 Å². The second-order valence-electron chi connectivity index (χ2n) is 3.93. The average Bonchev–Trinajstić information content (AvgIpc) is 2.26. The summed E-state index contributed by atoms with van der Waals surface area (Å²) in [5.41, 5.74) is 5.48. The molecular formula is C12H26N2OS. The van der Waals surface area contributed by atoms with E-state index >= 15 is 0 Å². The Bertz CT molecular complexity index is 184. The summed E-state index contributed by atoms with van der Waals surface area (Å²) in [6.07, 6.45) is 2.73. The fourth-order valence-electron chi connectivity index (χ4n) is 1.56. The molecule has 0 aromatic rings. The van der Waals surface area contributed by atoms with E-state index in [1.165, 1.54) is 0 Å². The van der Waals surface area contributed by atoms with Gasteiger partial charge in [-0.1, -0.05) is 6.92 Å². The van der Waals surface area contributed by atoms with Crippen molar-refractivity contribution in [2.24, 2.45) is 5.73 Å². The van der Waals surface area contributed by atoms with Crippen LogP contribution in [0.25, 0.3) is 0 Å². The molecule has 0 bridgehead atoms. The summed E-state index contributed by atoms with van der Waals surface area (Å²) in [6, 6.07) is 0. The van der Waals surface area contributed by atoms with Gasteiger partial charge in [-0.25, -0.2) is 0 Å². The van der Waals surface area contributed by atoms with Crippen molar-refractivity contribution in [2.45, 2.75) is 45.3 Å². The van der Waals surface area contributed by atoms with Crippen LogP contribution < -0.4 is 5.73 Å². The van der Waals surface area contributed by atoms with Crippen molar-refractivity contribution >= 4 is 17.7 Å². The smallest absolute Gasteiger partial charge is 0.222 e. The fourth-order valence-corrected chi connectivity index (χ4v) is 2.58. The molecular weight excluding hydrogens is 220 g/mol. The Morgan fingerprint density at radius 1 is 1.38 bits per heavy atom. The highest BCUT2D eigenvalue weighted by atomic mass is 32.2. The molecule has 4 heteroatoms. The summed E-state index contributed by atoms with van der Waals surface area (Å²) in [5.74, 6) is 1.35. The summed E-state index contributed by atoms with van der Waals surface area (Å²) in [5, 5.41) is 0.619. The molecule has 3 nitrogen and oxygen atoms in total. The first kappa shape index (κ1) is 15.8. The first-order valence-corrected chi connectivity index (χ1v) is 7.29. The van der Waals surface area contributed by atoms with E-state index in [-0.39, 0.29) is 5.91 Å². The quantitative estimate of drug-likeness (QED) is 0.634. The summed E-state index contributed by atoms with van der Waals surface area (Å²) >= 11 is 1.92. The molecule has 0 aromatic heterocycles. The molecule has 0 heterocycles. The summed E-state index contributed by atoms with van der Waals surface area (Å²) in [6.45, 7) is 8.66. The number of amides is 1. The van der Waals surface area contributed by atoms with E-state index in [0.717, 1.165) is 38.2 Å². The molecule has 0 aliphatic heterocycles. The van der Waals surface area contributed by atoms with Crippen molar-refractivity contribution in [1.29, 1.82) is 0 Å². The van der Waals surface area contributed by atoms with Gasteiger partial charge in [-0.05, 0) is 39.0 Å². The predicted octanol–water partition coefficient (Wildman–Crippen LogP) is 2.11. The Hall–Kier alpha value is -0.220. The van der Waals surface area contributed by atoms with E-state index in [4.69, 9.17) is 5.73 Å². The molecule has 0 spiro atoms. The third-order valence-electron chi connectivity index (χ3n) is 2.63. The molecule has 0 fully saturated rings. The van der Waals surface area contributed by atoms with Gasteiger partial charge in [-0.15, -0.1) is 0 Å². The Morgan fingerprint density at radius 2 is 2.00 bits per heavy atom. The standard InChI is InChI=1S/C12H26N2OS/c1-4-14(5-2)12(15)7-6-10-16-11(3)8-9-13/h11H,4-10,13H2,1-3H3. The van der Waals surface area contributed by atoms with Crippen LogP contribution in [0.3, 0.4) is 0 Å². The van der Waals surface area contributed by atoms with Crippen molar-refractivity contribution in [3.8, 4) is 0 Å². The van der Waals surface area contributed by atoms with Gasteiger partial charge in [0.25, 0.3) is 0 Å². The lowest BCUT2D eigenvalue weighted by atomic mass is 10.3. The van der Waals surface area contributed by atoms with Crippen LogP contribution in [0.1, 0.15) is 40.0 Å². The van der Waals surface area contributed by atoms with E-state index in [9.17, 15) is 4.79 Å². The molecule has 0 aliphatic carbocycles. The number of hydrogen-bond acceptors (Lipinski definition) is 3. The van der Waals surface area contributed by atoms with Gasteiger partial charge < -0.3 is 10.6 Å². The number of carbonyl (C=O) groups is 1. The molecule has 1 amide bonds. The van der Waals surface area contributed by atoms with Gasteiger partial charge in [-0.2, -0.15) is 11.8 Å². The van der Waals surface area contributed by atoms with Gasteiger partial charge in [0.05, 0.1) is 0 Å². The van der Waals surface area contributed by atoms with E-state index < -0.39 is 0 Å². The molecule has 0 rings (SSSR count). The van der Waals surface area contributed by atoms with E-state index in [1.54, 1.807) is 0 Å². The van der Waals surface area contributed by atoms with Crippen molar-refractivity contribution in [3.63, 3.8) is 0 Å². The lowest BCUT2D eigenvalue weighted by Crippen LogP contribution is -2.30. The van der Waals surface area contributed by atoms with Gasteiger partial charge in [0.2, 0.25) is 5.91 Å². The second kappa shape index (κ2) is 9.97. The zero-order chi connectivity index (χ0) is 12.4. The van der Waals surface area contributed by atoms with Gasteiger partial charge in [0.15, 0.2) is 0 Å². The van der Waals surface area contributed by atoms with E-state index in [2.05, 4.69) is 6.92 Å². The van der Waals surface area contributed by atoms with Crippen LogP contribution in [0.4, 0.5) is 0 Å². The third kappa shape index (κ3) is 7.12. The van der Waals surface area contributed by atoms with Gasteiger partial charge in [0.1, 0.15) is 0 Å². The Labute approximate surface area is 104 Å². The predicted molar refractivity (Wildman–Crippen MR) is 72.8 cm³/mol. The van der Waals surface area contributed by atoms with E-state index in [0.29, 0.717) is 11.7 Å². The SMILES string of the molecule is CCN(CC)C(=O)CCCSC(C)CCN. The van der Waals surface area contributed by atoms with Crippen LogP contribution in [0.2, 0.25) is 0 Å². The summed E-state index contributed by atoms with van der Waals surface area (Å²) < 4.78 is 0. The third-order valence-corrected chi connectivity index (χ3v) is 3.96. The van der Waals surface area contributed by atoms with Gasteiger partial charge in [-0.3, -0.25) is 4.79 Å². The minimum atomic E-state index is 0.289. The number of nitrogens with two attached hydrogens (primary N) is 1. The minimum Gasteiger partial charge on any atom is -0.343 e. The molecule has 0 saturated carbocycles. The lowest BCUT2D eigenvalue weighted by Gasteiger charge is -2.18. The maximum Gasteiger partial charge on any atom is 0.222 e. The first-order valence-electron chi connectivity index (χ1n) is 6.25. The van der Waals surface area contributed by atoms with Crippen LogP contribution in [0.15, 0.2) is 0 Å². The van der Waals surface area contributed by atoms with Gasteiger partial charge in [0, 0.05) is 24.8 Å². The highest BCUT2D eigenvalue weighted by Crippen LogP contribution is 2.15. The van der Waals surface area contributed by atoms with Crippen molar-refractivity contribution in [1.82, 2.24) is 4.90 Å². The minimum absolute atomic E-state index is 0.289. The van der Waals surface area contributed by atoms with Crippen LogP contribution in [0, 0.1) is 0 Å². The molecule has 96 valence electrons. The zero-order valence-electron chi connectivity index (χ0n) is 10.9. The Kier molecular flexibility index (Phi) is 9.83. The molecule has 0 aromatic carbocycles. The first-order chi connectivity index (χ1) is 7.65. The fraction of sp³-hybridized carbons (Fsp3) is 0.917. The highest BCUT2D eigenvalue weighted by molar-refractivity contribution is 7.99. The van der Waals surface area contributed by atoms with Crippen LogP contribution in [-0.4, -0.2) is 41.4 Å². The lowest BCUT2D eigenvalue weighted by molar-refractivity contribution is -0.130. The zero-order valence-corrected chi connectivity index (χ0v) is 11.7. The average molecular weight is 246 g/mol. The Balaban J connectivity index is 3.54. The summed E-state index contributed by atoms with van der Waals surface area (Å²) in [4.78, 5) is 13.6. The Morgan fingerprint density at radius 3 is 2.50 bits per heavy atom. The number of hydrogen-bond donors (Lipinski definition) is 1. The maximum atomic E-state index is 11.7. The molecule has 16 heavy (non-hydrogen) atoms. The van der Waals surface area contributed by atoms with Crippen LogP contribution >= 0.6 is 11.8 Å². The van der Waals surface area contributed by atoms with Crippen LogP contribution in [0.5, 0.6) is 0 Å². The van der Waals surface area contributed by atoms with Crippen LogP contribution in [-0.2, 0) is 4.79 Å². The molecule has 0 radical (unpaired) electrons. The molecule has 0 aliphatic rings. The number of carbonyl (C=O) groups excluding carboxylic acids is 1. The van der Waals surface area contributed by atoms with E-state index in [1.807, 2.05) is 30.5 Å². The monoisotopic (exact) mass is 246 g/mol. The molecule has 1 unspecified atom stereocenters. The van der Waals surface area contributed by atoms with Gasteiger partial charge >= 0.3 is 0 Å². The van der Waals surface area contributed by atoms with Crippen molar-refractivity contribution in [2.75, 3.05) is 25.4 Å². The molecule has 1 atom stereocenters. The highest BCUT2D eigenvalue weighted by Gasteiger charge is 2.09. The number of rotatable bonds is 9. The molecule has 2 N–H and O–H groups in total. The number of thioether (sulfide) groups is 1. The molecule has 0 saturated heterocycles. The summed E-state index contributed by atoms with van der Waals surface area (Å²) in [7, 11) is 0. The normalized spacial score (nSPS) is 12.5. The van der Waals surface area contributed by atoms with Crippen molar-refractivity contribution < 1.29 is 4.79 Å². The number of nitrogens with zero attached hydrogens (tertiary/aromatic N) is 1. The largest absolute Gasteiger partial charge is 0.343 e.